The van der Waals surface area contributed by atoms with Gasteiger partial charge in [-0.1, -0.05) is 35.6 Å². The van der Waals surface area contributed by atoms with Crippen molar-refractivity contribution in [2.75, 3.05) is 18.5 Å². The number of hydrogen-bond donors (Lipinski definition) is 1. The first-order valence-corrected chi connectivity index (χ1v) is 8.65. The van der Waals surface area contributed by atoms with Gasteiger partial charge in [0.2, 0.25) is 0 Å². The third-order valence-corrected chi connectivity index (χ3v) is 5.96. The van der Waals surface area contributed by atoms with Crippen molar-refractivity contribution < 1.29 is 0 Å². The van der Waals surface area contributed by atoms with Crippen LogP contribution in [0, 0.1) is 0 Å². The van der Waals surface area contributed by atoms with Gasteiger partial charge in [-0.15, -0.1) is 0 Å². The first-order valence-electron chi connectivity index (χ1n) is 7.84. The predicted octanol–water partition coefficient (Wildman–Crippen LogP) is 3.30. The number of nitrogens with one attached hydrogen (secondary N) is 1. The van der Waals surface area contributed by atoms with E-state index in [2.05, 4.69) is 41.5 Å². The van der Waals surface area contributed by atoms with Crippen molar-refractivity contribution in [1.82, 2.24) is 10.3 Å². The third kappa shape index (κ3) is 2.36. The highest BCUT2D eigenvalue weighted by atomic mass is 32.1. The molecular formula is C17H21N3S. The fraction of sp³-hybridized carbons (Fsp3) is 0.471. The third-order valence-electron chi connectivity index (χ3n) is 4.69. The largest absolute Gasteiger partial charge is 0.343 e. The van der Waals surface area contributed by atoms with Crippen molar-refractivity contribution in [2.24, 2.45) is 0 Å². The summed E-state index contributed by atoms with van der Waals surface area (Å²) in [5, 5.41) is 4.66. The summed E-state index contributed by atoms with van der Waals surface area (Å²) in [4.78, 5) is 8.88. The topological polar surface area (TPSA) is 28.2 Å². The van der Waals surface area contributed by atoms with Crippen LogP contribution >= 0.6 is 11.3 Å². The monoisotopic (exact) mass is 299 g/mol. The van der Waals surface area contributed by atoms with Crippen LogP contribution in [0.15, 0.2) is 24.3 Å². The van der Waals surface area contributed by atoms with E-state index < -0.39 is 0 Å². The molecule has 1 aliphatic carbocycles. The minimum atomic E-state index is 0.511. The van der Waals surface area contributed by atoms with Crippen molar-refractivity contribution >= 4 is 16.5 Å². The number of nitrogens with zero attached hydrogens (tertiary/aromatic N) is 2. The maximum Gasteiger partial charge on any atom is 0.186 e. The second-order valence-electron chi connectivity index (χ2n) is 5.98. The molecule has 0 radical (unpaired) electrons. The second kappa shape index (κ2) is 5.43. The molecule has 0 bridgehead atoms. The molecule has 3 nitrogen and oxygen atoms in total. The molecule has 0 amide bonds. The Kier molecular flexibility index (Phi) is 3.43. The van der Waals surface area contributed by atoms with Gasteiger partial charge in [-0.3, -0.25) is 0 Å². The lowest BCUT2D eigenvalue weighted by atomic mass is 9.98. The Morgan fingerprint density at radius 1 is 1.24 bits per heavy atom. The molecule has 0 fully saturated rings. The fourth-order valence-corrected chi connectivity index (χ4v) is 4.76. The highest BCUT2D eigenvalue weighted by Crippen LogP contribution is 2.38. The van der Waals surface area contributed by atoms with E-state index in [4.69, 9.17) is 4.98 Å². The molecule has 1 aromatic heterocycles. The predicted molar refractivity (Wildman–Crippen MR) is 88.0 cm³/mol. The summed E-state index contributed by atoms with van der Waals surface area (Å²) in [6, 6.07) is 9.32. The van der Waals surface area contributed by atoms with Crippen LogP contribution in [-0.4, -0.2) is 18.6 Å². The lowest BCUT2D eigenvalue weighted by Crippen LogP contribution is -2.30. The molecule has 2 aromatic rings. The van der Waals surface area contributed by atoms with Gasteiger partial charge >= 0.3 is 0 Å². The van der Waals surface area contributed by atoms with Gasteiger partial charge in [-0.05, 0) is 43.9 Å². The summed E-state index contributed by atoms with van der Waals surface area (Å²) < 4.78 is 0. The van der Waals surface area contributed by atoms with Crippen molar-refractivity contribution in [3.63, 3.8) is 0 Å². The Balaban J connectivity index is 1.62. The summed E-state index contributed by atoms with van der Waals surface area (Å²) in [6.45, 7) is 2.10. The number of aryl methyl sites for hydroxylation is 1. The molecule has 2 heterocycles. The molecule has 1 unspecified atom stereocenters. The number of benzene rings is 1. The lowest BCUT2D eigenvalue weighted by molar-refractivity contribution is 0.501. The van der Waals surface area contributed by atoms with Gasteiger partial charge in [0.05, 0.1) is 5.69 Å². The van der Waals surface area contributed by atoms with Crippen LogP contribution in [-0.2, 0) is 19.4 Å². The Bertz CT molecular complexity index is 649. The molecule has 1 aliphatic heterocycles. The van der Waals surface area contributed by atoms with Crippen molar-refractivity contribution in [3.8, 4) is 0 Å². The van der Waals surface area contributed by atoms with E-state index in [1.54, 1.807) is 0 Å². The quantitative estimate of drug-likeness (QED) is 0.922. The number of fused-ring (bicyclic) bond motifs is 2. The molecule has 1 atom stereocenters. The molecule has 1 N–H and O–H groups in total. The Morgan fingerprint density at radius 3 is 2.95 bits per heavy atom. The van der Waals surface area contributed by atoms with Crippen LogP contribution < -0.4 is 10.2 Å². The number of rotatable bonds is 2. The smallest absolute Gasteiger partial charge is 0.186 e. The van der Waals surface area contributed by atoms with Gasteiger partial charge < -0.3 is 10.2 Å². The van der Waals surface area contributed by atoms with Crippen LogP contribution in [0.4, 0.5) is 5.13 Å². The Labute approximate surface area is 130 Å². The van der Waals surface area contributed by atoms with E-state index in [1.165, 1.54) is 39.7 Å². The summed E-state index contributed by atoms with van der Waals surface area (Å²) >= 11 is 1.90. The molecule has 0 spiro atoms. The summed E-state index contributed by atoms with van der Waals surface area (Å²) in [7, 11) is 2.07. The van der Waals surface area contributed by atoms with Crippen LogP contribution in [0.3, 0.4) is 0 Å². The Hall–Kier alpha value is -1.39. The van der Waals surface area contributed by atoms with E-state index in [0.29, 0.717) is 6.04 Å². The average Bonchev–Trinajstić information content (AvgIpc) is 2.98. The van der Waals surface area contributed by atoms with Crippen molar-refractivity contribution in [3.05, 3.63) is 46.0 Å². The number of hydrogen-bond acceptors (Lipinski definition) is 4. The van der Waals surface area contributed by atoms with Gasteiger partial charge in [0.1, 0.15) is 0 Å². The number of thiazole rings is 1. The van der Waals surface area contributed by atoms with E-state index in [0.717, 1.165) is 25.9 Å². The Morgan fingerprint density at radius 2 is 2.10 bits per heavy atom. The number of anilines is 1. The van der Waals surface area contributed by atoms with E-state index in [1.807, 2.05) is 11.3 Å². The van der Waals surface area contributed by atoms with Gasteiger partial charge in [0.15, 0.2) is 5.13 Å². The molecule has 4 heteroatoms. The van der Waals surface area contributed by atoms with E-state index in [-0.39, 0.29) is 0 Å². The normalized spacial score (nSPS) is 21.0. The molecular weight excluding hydrogens is 278 g/mol. The SMILES string of the molecule is CNC1CCCc2nc(N3CCc4ccccc4C3)sc21. The van der Waals surface area contributed by atoms with Crippen LogP contribution in [0.5, 0.6) is 0 Å². The minimum Gasteiger partial charge on any atom is -0.343 e. The van der Waals surface area contributed by atoms with Crippen LogP contribution in [0.25, 0.3) is 0 Å². The zero-order chi connectivity index (χ0) is 14.2. The van der Waals surface area contributed by atoms with Gasteiger partial charge in [-0.2, -0.15) is 0 Å². The first-order chi connectivity index (χ1) is 10.3. The molecule has 21 heavy (non-hydrogen) atoms. The minimum absolute atomic E-state index is 0.511. The molecule has 4 rings (SSSR count). The maximum absolute atomic E-state index is 4.95. The molecule has 110 valence electrons. The van der Waals surface area contributed by atoms with Crippen LogP contribution in [0.1, 0.15) is 40.6 Å². The van der Waals surface area contributed by atoms with Gasteiger partial charge in [0, 0.05) is 24.0 Å². The first kappa shape index (κ1) is 13.3. The maximum atomic E-state index is 4.95. The summed E-state index contributed by atoms with van der Waals surface area (Å²) in [5.41, 5.74) is 4.30. The fourth-order valence-electron chi connectivity index (χ4n) is 3.48. The van der Waals surface area contributed by atoms with E-state index >= 15 is 0 Å². The van der Waals surface area contributed by atoms with Gasteiger partial charge in [0.25, 0.3) is 0 Å². The lowest BCUT2D eigenvalue weighted by Gasteiger charge is -2.28. The zero-order valence-corrected chi connectivity index (χ0v) is 13.2. The molecule has 0 saturated heterocycles. The number of aromatic nitrogens is 1. The van der Waals surface area contributed by atoms with Gasteiger partial charge in [-0.25, -0.2) is 4.98 Å². The highest BCUT2D eigenvalue weighted by Gasteiger charge is 2.26. The van der Waals surface area contributed by atoms with Crippen LogP contribution in [0.2, 0.25) is 0 Å². The molecule has 2 aliphatic rings. The molecule has 1 aromatic carbocycles. The summed E-state index contributed by atoms with van der Waals surface area (Å²) in [6.07, 6.45) is 4.78. The second-order valence-corrected chi connectivity index (χ2v) is 6.99. The van der Waals surface area contributed by atoms with Crippen molar-refractivity contribution in [1.29, 1.82) is 0 Å². The van der Waals surface area contributed by atoms with Crippen molar-refractivity contribution in [2.45, 2.75) is 38.3 Å². The summed E-state index contributed by atoms with van der Waals surface area (Å²) in [5.74, 6) is 0. The zero-order valence-electron chi connectivity index (χ0n) is 12.4. The van der Waals surface area contributed by atoms with E-state index in [9.17, 15) is 0 Å². The highest BCUT2D eigenvalue weighted by molar-refractivity contribution is 7.15. The average molecular weight is 299 g/mol. The standard InChI is InChI=1S/C17H21N3S/c1-18-14-7-4-8-15-16(14)21-17(19-15)20-10-9-12-5-2-3-6-13(12)11-20/h2-3,5-6,14,18H,4,7-11H2,1H3. The molecule has 0 saturated carbocycles.